The van der Waals surface area contributed by atoms with Crippen molar-refractivity contribution in [2.24, 2.45) is 11.0 Å². The van der Waals surface area contributed by atoms with Gasteiger partial charge in [-0.15, -0.1) is 0 Å². The van der Waals surface area contributed by atoms with E-state index >= 15 is 0 Å². The van der Waals surface area contributed by atoms with E-state index in [0.29, 0.717) is 61.5 Å². The molecule has 0 radical (unpaired) electrons. The van der Waals surface area contributed by atoms with E-state index in [1.54, 1.807) is 48.7 Å². The minimum absolute atomic E-state index is 0.0322. The Hall–Kier alpha value is -6.84. The molecular formula is C43H44F3N10O8+. The number of hydrazone groups is 1. The lowest BCUT2D eigenvalue weighted by molar-refractivity contribution is -0.438. The average molecular weight is 886 g/mol. The molecule has 5 amide bonds. The molecule has 1 aliphatic carbocycles. The molecule has 2 fully saturated rings. The van der Waals surface area contributed by atoms with Crippen LogP contribution >= 0.6 is 0 Å². The van der Waals surface area contributed by atoms with Crippen molar-refractivity contribution in [1.29, 1.82) is 0 Å². The van der Waals surface area contributed by atoms with E-state index in [1.807, 2.05) is 6.07 Å². The summed E-state index contributed by atoms with van der Waals surface area (Å²) in [5.41, 5.74) is 1.07. The van der Waals surface area contributed by atoms with Crippen LogP contribution in [-0.2, 0) is 25.6 Å². The van der Waals surface area contributed by atoms with E-state index in [0.717, 1.165) is 28.0 Å². The number of carbonyl (C=O) groups is 5. The van der Waals surface area contributed by atoms with Crippen molar-refractivity contribution in [1.82, 2.24) is 30.8 Å². The van der Waals surface area contributed by atoms with Crippen LogP contribution in [0.5, 0.6) is 0 Å². The molecule has 3 aliphatic heterocycles. The lowest BCUT2D eigenvalue weighted by atomic mass is 10.0. The Morgan fingerprint density at radius 3 is 2.52 bits per heavy atom. The fraction of sp³-hybridized carbons (Fsp3) is 0.372. The van der Waals surface area contributed by atoms with Crippen molar-refractivity contribution < 1.29 is 55.7 Å². The number of imide groups is 2. The van der Waals surface area contributed by atoms with Crippen LogP contribution in [0.25, 0.3) is 11.5 Å². The zero-order valence-corrected chi connectivity index (χ0v) is 34.3. The monoisotopic (exact) mass is 885 g/mol. The zero-order chi connectivity index (χ0) is 44.8. The second-order valence-corrected chi connectivity index (χ2v) is 15.4. The maximum Gasteiger partial charge on any atom is 0.437 e. The summed E-state index contributed by atoms with van der Waals surface area (Å²) in [5, 5.41) is 18.0. The van der Waals surface area contributed by atoms with Crippen molar-refractivity contribution in [3.63, 3.8) is 0 Å². The van der Waals surface area contributed by atoms with E-state index in [-0.39, 0.29) is 48.8 Å². The number of pyridine rings is 1. The number of hydrogen-bond acceptors (Lipinski definition) is 14. The maximum atomic E-state index is 14.1. The molecule has 2 aromatic carbocycles. The first-order valence-electron chi connectivity index (χ1n) is 20.7. The summed E-state index contributed by atoms with van der Waals surface area (Å²) in [7, 11) is 0. The first-order valence-corrected chi connectivity index (χ1v) is 20.7. The van der Waals surface area contributed by atoms with E-state index in [4.69, 9.17) is 13.9 Å². The van der Waals surface area contributed by atoms with Gasteiger partial charge in [0.1, 0.15) is 18.1 Å². The van der Waals surface area contributed by atoms with Gasteiger partial charge in [-0.1, -0.05) is 22.9 Å². The Kier molecular flexibility index (Phi) is 13.2. The molecule has 2 atom stereocenters. The van der Waals surface area contributed by atoms with Crippen molar-refractivity contribution >= 4 is 58.7 Å². The Morgan fingerprint density at radius 1 is 0.938 bits per heavy atom. The molecule has 64 heavy (non-hydrogen) atoms. The van der Waals surface area contributed by atoms with Crippen LogP contribution < -0.4 is 26.6 Å². The third kappa shape index (κ3) is 10.3. The van der Waals surface area contributed by atoms with Crippen LogP contribution in [0, 0.1) is 5.92 Å². The van der Waals surface area contributed by atoms with Gasteiger partial charge in [0, 0.05) is 67.3 Å². The number of hydrogen-bond donors (Lipinski definition) is 5. The highest BCUT2D eigenvalue weighted by Crippen LogP contribution is 2.33. The highest BCUT2D eigenvalue weighted by atomic mass is 19.4. The maximum absolute atomic E-state index is 14.1. The minimum Gasteiger partial charge on any atom is -0.444 e. The third-order valence-electron chi connectivity index (χ3n) is 10.7. The minimum atomic E-state index is -4.84. The molecule has 4 aromatic rings. The molecular weight excluding hydrogens is 842 g/mol. The number of benzene rings is 2. The summed E-state index contributed by atoms with van der Waals surface area (Å²) >= 11 is 0. The number of rotatable bonds is 20. The number of anilines is 2. The first kappa shape index (κ1) is 43.8. The van der Waals surface area contributed by atoms with Crippen LogP contribution in [0.4, 0.5) is 30.4 Å². The number of fused-ring (bicyclic) bond motifs is 1. The van der Waals surface area contributed by atoms with Gasteiger partial charge in [-0.05, 0) is 55.0 Å². The van der Waals surface area contributed by atoms with Crippen LogP contribution in [-0.4, -0.2) is 125 Å². The normalized spacial score (nSPS) is 18.5. The fourth-order valence-electron chi connectivity index (χ4n) is 7.29. The molecule has 334 valence electrons. The number of nitrogens with one attached hydrogen (secondary N) is 5. The van der Waals surface area contributed by atoms with Crippen LogP contribution in [0.2, 0.25) is 0 Å². The van der Waals surface area contributed by atoms with Gasteiger partial charge in [-0.3, -0.25) is 34.2 Å². The molecule has 0 spiro atoms. The molecule has 1 saturated carbocycles. The lowest BCUT2D eigenvalue weighted by Crippen LogP contribution is -2.54. The summed E-state index contributed by atoms with van der Waals surface area (Å²) < 4.78 is 60.3. The fourth-order valence-corrected chi connectivity index (χ4v) is 7.29. The van der Waals surface area contributed by atoms with Crippen LogP contribution in [0.15, 0.2) is 76.6 Å². The number of ether oxygens (including phenoxy) is 2. The number of aromatic nitrogens is 2. The van der Waals surface area contributed by atoms with Gasteiger partial charge in [0.05, 0.1) is 37.6 Å². The smallest absolute Gasteiger partial charge is 0.437 e. The lowest BCUT2D eigenvalue weighted by Gasteiger charge is -2.27. The predicted octanol–water partition coefficient (Wildman–Crippen LogP) is 3.64. The van der Waals surface area contributed by atoms with E-state index in [9.17, 15) is 37.1 Å². The van der Waals surface area contributed by atoms with Crippen molar-refractivity contribution in [2.45, 2.75) is 50.5 Å². The van der Waals surface area contributed by atoms with E-state index < -0.39 is 53.5 Å². The Labute approximate surface area is 363 Å². The molecule has 5 heterocycles. The summed E-state index contributed by atoms with van der Waals surface area (Å²) in [6.07, 6.45) is 1.45. The predicted molar refractivity (Wildman–Crippen MR) is 223 cm³/mol. The number of nitrogens with zero attached hydrogens (tertiary/aromatic N) is 5. The number of halogens is 3. The van der Waals surface area contributed by atoms with Crippen LogP contribution in [0.1, 0.15) is 62.5 Å². The average Bonchev–Trinajstić information content (AvgIpc) is 3.67. The zero-order valence-electron chi connectivity index (χ0n) is 34.3. The number of carbonyl (C=O) groups excluding carboxylic acids is 5. The number of piperidine rings is 1. The molecule has 5 N–H and O–H groups in total. The van der Waals surface area contributed by atoms with E-state index in [1.165, 1.54) is 25.1 Å². The quantitative estimate of drug-likeness (QED) is 0.0487. The number of alkyl halides is 3. The largest absolute Gasteiger partial charge is 0.444 e. The molecule has 21 heteroatoms. The van der Waals surface area contributed by atoms with Gasteiger partial charge in [-0.25, -0.2) is 9.97 Å². The van der Waals surface area contributed by atoms with Gasteiger partial charge in [0.15, 0.2) is 11.7 Å². The highest BCUT2D eigenvalue weighted by Gasteiger charge is 2.49. The number of oxazole rings is 1. The molecule has 18 nitrogen and oxygen atoms in total. The topological polar surface area (TPSA) is 221 Å². The van der Waals surface area contributed by atoms with Crippen molar-refractivity contribution in [2.75, 3.05) is 56.7 Å². The summed E-state index contributed by atoms with van der Waals surface area (Å²) in [5.74, 6) is -1.81. The van der Waals surface area contributed by atoms with Crippen molar-refractivity contribution in [3.8, 4) is 11.5 Å². The molecule has 8 rings (SSSR count). The molecule has 4 aliphatic rings. The van der Waals surface area contributed by atoms with Gasteiger partial charge in [0.2, 0.25) is 35.3 Å². The van der Waals surface area contributed by atoms with Gasteiger partial charge in [-0.2, -0.15) is 13.2 Å². The summed E-state index contributed by atoms with van der Waals surface area (Å²) in [6.45, 7) is 3.18. The van der Waals surface area contributed by atoms with Gasteiger partial charge < -0.3 is 35.2 Å². The highest BCUT2D eigenvalue weighted by molar-refractivity contribution is 6.25. The van der Waals surface area contributed by atoms with E-state index in [2.05, 4.69) is 41.7 Å². The van der Waals surface area contributed by atoms with Crippen molar-refractivity contribution in [3.05, 3.63) is 89.4 Å². The van der Waals surface area contributed by atoms with Gasteiger partial charge >= 0.3 is 6.18 Å². The van der Waals surface area contributed by atoms with Crippen LogP contribution in [0.3, 0.4) is 0 Å². The second kappa shape index (κ2) is 19.3. The van der Waals surface area contributed by atoms with Gasteiger partial charge in [0.25, 0.3) is 17.7 Å². The second-order valence-electron chi connectivity index (χ2n) is 15.4. The Balaban J connectivity index is 0.750. The standard InChI is InChI=1S/C43H43F3N10O8/c44-43(45,46)37-31(51-38(58)32-24-64-40(52-32)27-11-12-49-34(20-27)50-22-25-7-8-25)23-55(54-37)28-4-1-3-26(19-28)21-47-13-15-62-17-18-63-16-14-48-30-6-2-5-29-36(30)42(61)56(41(29)60)33-9-10-35(57)53-39(33)59/h1-6,11-12,19-20,23-25,31,33,47H,7-10,13-18,21-22H2,(H3-,48,49,50,51,53,57,58,59,61)/p+1. The number of amides is 5. The summed E-state index contributed by atoms with van der Waals surface area (Å²) in [6, 6.07) is 12.4. The Morgan fingerprint density at radius 2 is 1.73 bits per heavy atom. The summed E-state index contributed by atoms with van der Waals surface area (Å²) in [4.78, 5) is 72.8. The first-order chi connectivity index (χ1) is 30.9. The Bertz CT molecular complexity index is 2500. The SMILES string of the molecule is O=C1CCC(N2C(=O)c3cccc(NCCOCCOCCNCc4cccc([N+]5=CC(NC(=O)c6coc(-c7ccnc(NCC8CC8)c7)n6)C(C(F)(F)F)=N5)c4)c3C2=O)C(=O)N1. The molecule has 2 unspecified atom stereocenters. The third-order valence-corrected chi connectivity index (χ3v) is 10.7. The molecule has 1 saturated heterocycles. The molecule has 2 aromatic heterocycles. The molecule has 0 bridgehead atoms.